The van der Waals surface area contributed by atoms with Gasteiger partial charge in [-0.1, -0.05) is 31.6 Å². The van der Waals surface area contributed by atoms with E-state index in [1.807, 2.05) is 11.8 Å². The average Bonchev–Trinajstić information content (AvgIpc) is 2.74. The summed E-state index contributed by atoms with van der Waals surface area (Å²) in [5.74, 6) is 7.94. The fourth-order valence-electron chi connectivity index (χ4n) is 1.29. The van der Waals surface area contributed by atoms with E-state index in [0.29, 0.717) is 0 Å². The minimum absolute atomic E-state index is 0.0586. The zero-order chi connectivity index (χ0) is 11.6. The van der Waals surface area contributed by atoms with Gasteiger partial charge in [-0.2, -0.15) is 11.8 Å². The molecule has 0 atom stereocenters. The van der Waals surface area contributed by atoms with Crippen molar-refractivity contribution in [3.63, 3.8) is 0 Å². The number of aliphatic hydroxyl groups is 1. The number of rotatable bonds is 6. The van der Waals surface area contributed by atoms with Crippen molar-refractivity contribution < 1.29 is 5.11 Å². The summed E-state index contributed by atoms with van der Waals surface area (Å²) >= 11 is 3.76. The fraction of sp³-hybridized carbons (Fsp3) is 0.538. The van der Waals surface area contributed by atoms with Gasteiger partial charge in [0.1, 0.15) is 6.61 Å². The van der Waals surface area contributed by atoms with Gasteiger partial charge in [0, 0.05) is 21.6 Å². The fourth-order valence-corrected chi connectivity index (χ4v) is 3.25. The largest absolute Gasteiger partial charge is 0.384 e. The summed E-state index contributed by atoms with van der Waals surface area (Å²) in [5, 5.41) is 10.6. The molecule has 0 saturated heterocycles. The summed E-state index contributed by atoms with van der Waals surface area (Å²) in [5.41, 5.74) is 1.03. The van der Waals surface area contributed by atoms with Gasteiger partial charge in [0.05, 0.1) is 0 Å². The Morgan fingerprint density at radius 1 is 1.44 bits per heavy atom. The number of hydrogen-bond acceptors (Lipinski definition) is 3. The molecular formula is C13H18OS2. The Bertz CT molecular complexity index is 346. The van der Waals surface area contributed by atoms with Crippen molar-refractivity contribution in [3.8, 4) is 11.8 Å². The van der Waals surface area contributed by atoms with Crippen molar-refractivity contribution in [3.05, 3.63) is 21.9 Å². The van der Waals surface area contributed by atoms with E-state index in [1.54, 1.807) is 11.3 Å². The summed E-state index contributed by atoms with van der Waals surface area (Å²) in [6.45, 7) is 2.17. The maximum Gasteiger partial charge on any atom is 0.104 e. The van der Waals surface area contributed by atoms with Gasteiger partial charge in [-0.3, -0.25) is 0 Å². The Balaban J connectivity index is 2.24. The van der Waals surface area contributed by atoms with E-state index in [1.165, 1.54) is 29.9 Å². The third kappa shape index (κ3) is 5.60. The van der Waals surface area contributed by atoms with Crippen LogP contribution in [-0.2, 0) is 5.75 Å². The lowest BCUT2D eigenvalue weighted by Crippen LogP contribution is -1.80. The molecule has 1 N–H and O–H groups in total. The number of hydrogen-bond donors (Lipinski definition) is 1. The standard InChI is InChI=1S/C13H18OS2/c1-2-3-4-8-15-11-13-9-12(10-16-13)6-5-7-14/h9-10,14H,2-4,7-8,11H2,1H3. The summed E-state index contributed by atoms with van der Waals surface area (Å²) in [4.78, 5) is 1.38. The topological polar surface area (TPSA) is 20.2 Å². The Morgan fingerprint density at radius 3 is 3.06 bits per heavy atom. The minimum atomic E-state index is -0.0586. The van der Waals surface area contributed by atoms with E-state index in [9.17, 15) is 0 Å². The van der Waals surface area contributed by atoms with Crippen LogP contribution in [0.4, 0.5) is 0 Å². The van der Waals surface area contributed by atoms with Crippen molar-refractivity contribution in [2.24, 2.45) is 0 Å². The lowest BCUT2D eigenvalue weighted by molar-refractivity contribution is 0.350. The van der Waals surface area contributed by atoms with Gasteiger partial charge in [0.15, 0.2) is 0 Å². The molecule has 1 aromatic heterocycles. The molecule has 0 saturated carbocycles. The van der Waals surface area contributed by atoms with Crippen molar-refractivity contribution in [1.82, 2.24) is 0 Å². The lowest BCUT2D eigenvalue weighted by Gasteiger charge is -1.97. The highest BCUT2D eigenvalue weighted by Crippen LogP contribution is 2.20. The quantitative estimate of drug-likeness (QED) is 0.619. The van der Waals surface area contributed by atoms with Crippen LogP contribution in [-0.4, -0.2) is 17.5 Å². The Kier molecular flexibility index (Phi) is 7.41. The van der Waals surface area contributed by atoms with Gasteiger partial charge < -0.3 is 5.11 Å². The van der Waals surface area contributed by atoms with Gasteiger partial charge in [-0.25, -0.2) is 0 Å². The third-order valence-electron chi connectivity index (χ3n) is 2.10. The summed E-state index contributed by atoms with van der Waals surface area (Å²) in [6, 6.07) is 2.13. The van der Waals surface area contributed by atoms with Crippen molar-refractivity contribution in [1.29, 1.82) is 0 Å². The lowest BCUT2D eigenvalue weighted by atomic mass is 10.3. The first kappa shape index (κ1) is 13.6. The van der Waals surface area contributed by atoms with Gasteiger partial charge >= 0.3 is 0 Å². The van der Waals surface area contributed by atoms with Crippen LogP contribution in [0.15, 0.2) is 11.4 Å². The van der Waals surface area contributed by atoms with Crippen molar-refractivity contribution in [2.45, 2.75) is 31.9 Å². The third-order valence-corrected chi connectivity index (χ3v) is 4.31. The zero-order valence-electron chi connectivity index (χ0n) is 9.66. The number of unbranched alkanes of at least 4 members (excludes halogenated alkanes) is 2. The first-order valence-corrected chi connectivity index (χ1v) is 7.65. The van der Waals surface area contributed by atoms with E-state index in [4.69, 9.17) is 5.11 Å². The van der Waals surface area contributed by atoms with Crippen molar-refractivity contribution in [2.75, 3.05) is 12.4 Å². The van der Waals surface area contributed by atoms with Crippen LogP contribution in [0.1, 0.15) is 36.6 Å². The molecule has 16 heavy (non-hydrogen) atoms. The van der Waals surface area contributed by atoms with Crippen LogP contribution in [0.25, 0.3) is 0 Å². The molecule has 0 aromatic carbocycles. The molecule has 0 fully saturated rings. The molecule has 0 aliphatic heterocycles. The van der Waals surface area contributed by atoms with Gasteiger partial charge in [-0.05, 0) is 18.2 Å². The predicted octanol–water partition coefficient (Wildman–Crippen LogP) is 3.52. The van der Waals surface area contributed by atoms with Crippen LogP contribution >= 0.6 is 23.1 Å². The molecule has 88 valence electrons. The highest BCUT2D eigenvalue weighted by Gasteiger charge is 1.98. The molecule has 0 amide bonds. The van der Waals surface area contributed by atoms with Gasteiger partial charge in [-0.15, -0.1) is 11.3 Å². The van der Waals surface area contributed by atoms with Crippen LogP contribution in [0.5, 0.6) is 0 Å². The molecule has 0 unspecified atom stereocenters. The SMILES string of the molecule is CCCCCSCc1cc(C#CCO)cs1. The summed E-state index contributed by atoms with van der Waals surface area (Å²) in [6.07, 6.45) is 3.95. The Morgan fingerprint density at radius 2 is 2.31 bits per heavy atom. The molecule has 0 aliphatic rings. The Hall–Kier alpha value is -0.430. The van der Waals surface area contributed by atoms with Crippen LogP contribution in [0, 0.1) is 11.8 Å². The van der Waals surface area contributed by atoms with Crippen LogP contribution in [0.2, 0.25) is 0 Å². The maximum absolute atomic E-state index is 8.58. The normalized spacial score (nSPS) is 9.88. The Labute approximate surface area is 106 Å². The molecular weight excluding hydrogens is 236 g/mol. The van der Waals surface area contributed by atoms with Crippen molar-refractivity contribution >= 4 is 23.1 Å². The van der Waals surface area contributed by atoms with E-state index >= 15 is 0 Å². The highest BCUT2D eigenvalue weighted by molar-refractivity contribution is 7.98. The summed E-state index contributed by atoms with van der Waals surface area (Å²) < 4.78 is 0. The minimum Gasteiger partial charge on any atom is -0.384 e. The van der Waals surface area contributed by atoms with Gasteiger partial charge in [0.25, 0.3) is 0 Å². The molecule has 1 heterocycles. The second-order valence-electron chi connectivity index (χ2n) is 3.52. The number of thiophene rings is 1. The number of aliphatic hydroxyl groups excluding tert-OH is 1. The number of thioether (sulfide) groups is 1. The van der Waals surface area contributed by atoms with E-state index in [-0.39, 0.29) is 6.61 Å². The molecule has 1 aromatic rings. The zero-order valence-corrected chi connectivity index (χ0v) is 11.3. The highest BCUT2D eigenvalue weighted by atomic mass is 32.2. The van der Waals surface area contributed by atoms with E-state index < -0.39 is 0 Å². The first-order chi connectivity index (χ1) is 7.86. The second-order valence-corrected chi connectivity index (χ2v) is 5.62. The molecule has 1 nitrogen and oxygen atoms in total. The molecule has 3 heteroatoms. The molecule has 0 bridgehead atoms. The monoisotopic (exact) mass is 254 g/mol. The van der Waals surface area contributed by atoms with E-state index in [2.05, 4.69) is 30.2 Å². The van der Waals surface area contributed by atoms with Gasteiger partial charge in [0.2, 0.25) is 0 Å². The van der Waals surface area contributed by atoms with Crippen LogP contribution < -0.4 is 0 Å². The molecule has 1 rings (SSSR count). The molecule has 0 aliphatic carbocycles. The predicted molar refractivity (Wildman–Crippen MR) is 74.0 cm³/mol. The average molecular weight is 254 g/mol. The molecule has 0 radical (unpaired) electrons. The second kappa shape index (κ2) is 8.69. The van der Waals surface area contributed by atoms with E-state index in [0.717, 1.165) is 11.3 Å². The first-order valence-electron chi connectivity index (χ1n) is 5.61. The molecule has 0 spiro atoms. The summed E-state index contributed by atoms with van der Waals surface area (Å²) in [7, 11) is 0. The smallest absolute Gasteiger partial charge is 0.104 e. The maximum atomic E-state index is 8.58. The van der Waals surface area contributed by atoms with Crippen LogP contribution in [0.3, 0.4) is 0 Å².